The molecular formula is C18H46N2Si3. The average Bonchev–Trinajstić information content (AvgIpc) is 2.23. The lowest BCUT2D eigenvalue weighted by Crippen LogP contribution is -2.79. The van der Waals surface area contributed by atoms with Crippen molar-refractivity contribution < 1.29 is 0 Å². The van der Waals surface area contributed by atoms with Crippen LogP contribution in [0, 0.1) is 0 Å². The topological polar surface area (TPSA) is 24.1 Å². The van der Waals surface area contributed by atoms with Crippen molar-refractivity contribution in [1.29, 1.82) is 0 Å². The van der Waals surface area contributed by atoms with Crippen LogP contribution in [0.4, 0.5) is 0 Å². The van der Waals surface area contributed by atoms with E-state index in [4.69, 9.17) is 0 Å². The summed E-state index contributed by atoms with van der Waals surface area (Å²) >= 11 is 0. The third-order valence-electron chi connectivity index (χ3n) is 6.61. The van der Waals surface area contributed by atoms with Crippen molar-refractivity contribution in [3.05, 3.63) is 0 Å². The second-order valence-corrected chi connectivity index (χ2v) is 26.7. The summed E-state index contributed by atoms with van der Waals surface area (Å²) in [4.78, 5) is 0. The van der Waals surface area contributed by atoms with Gasteiger partial charge in [0.05, 0.1) is 0 Å². The van der Waals surface area contributed by atoms with E-state index in [9.17, 15) is 0 Å². The van der Waals surface area contributed by atoms with Crippen LogP contribution in [0.15, 0.2) is 0 Å². The maximum Gasteiger partial charge on any atom is 0.193 e. The van der Waals surface area contributed by atoms with Crippen LogP contribution in [0.2, 0.25) is 47.3 Å². The lowest BCUT2D eigenvalue weighted by molar-refractivity contribution is 0.687. The van der Waals surface area contributed by atoms with Crippen molar-refractivity contribution in [2.75, 3.05) is 0 Å². The standard InChI is InChI=1S/C18H46N2Si3/c1-15(2)23(16(3)4,19-21(11,12)17(5,6)7)20-22(13,14)18(8,9)10/h15-16,19-20H,1-14H3. The van der Waals surface area contributed by atoms with Gasteiger partial charge in [-0.1, -0.05) is 95.4 Å². The van der Waals surface area contributed by atoms with E-state index in [2.05, 4.69) is 105 Å². The molecule has 0 unspecified atom stereocenters. The predicted octanol–water partition coefficient (Wildman–Crippen LogP) is 6.44. The molecule has 0 aliphatic carbocycles. The summed E-state index contributed by atoms with van der Waals surface area (Å²) in [5.74, 6) is 0. The van der Waals surface area contributed by atoms with Gasteiger partial charge in [0.1, 0.15) is 16.5 Å². The lowest BCUT2D eigenvalue weighted by atomic mass is 10.2. The van der Waals surface area contributed by atoms with Crippen molar-refractivity contribution in [3.8, 4) is 0 Å². The van der Waals surface area contributed by atoms with Gasteiger partial charge in [0.2, 0.25) is 0 Å². The van der Waals surface area contributed by atoms with Gasteiger partial charge in [0.15, 0.2) is 8.40 Å². The Bertz CT molecular complexity index is 350. The van der Waals surface area contributed by atoms with Crippen LogP contribution >= 0.6 is 0 Å². The Balaban J connectivity index is 5.98. The van der Waals surface area contributed by atoms with Crippen LogP contribution < -0.4 is 9.30 Å². The van der Waals surface area contributed by atoms with Crippen LogP contribution in [-0.4, -0.2) is 24.9 Å². The molecule has 140 valence electrons. The Morgan fingerprint density at radius 2 is 0.783 bits per heavy atom. The molecule has 0 radical (unpaired) electrons. The van der Waals surface area contributed by atoms with Crippen molar-refractivity contribution in [2.24, 2.45) is 0 Å². The summed E-state index contributed by atoms with van der Waals surface area (Å²) in [5, 5.41) is 0.730. The SMILES string of the molecule is CC(C)[Si](N[Si](C)(C)C(C)(C)C)(N[Si](C)(C)C(C)(C)C)C(C)C. The van der Waals surface area contributed by atoms with Gasteiger partial charge in [-0.05, 0) is 21.2 Å². The summed E-state index contributed by atoms with van der Waals surface area (Å²) in [5.41, 5.74) is 1.37. The largest absolute Gasteiger partial charge is 0.347 e. The van der Waals surface area contributed by atoms with Crippen molar-refractivity contribution in [1.82, 2.24) is 9.30 Å². The smallest absolute Gasteiger partial charge is 0.193 e. The first kappa shape index (κ1) is 23.6. The first-order chi connectivity index (χ1) is 9.80. The Morgan fingerprint density at radius 1 is 0.565 bits per heavy atom. The highest BCUT2D eigenvalue weighted by molar-refractivity contribution is 7.00. The van der Waals surface area contributed by atoms with Crippen molar-refractivity contribution >= 4 is 24.9 Å². The highest BCUT2D eigenvalue weighted by atomic mass is 28.4. The second kappa shape index (κ2) is 7.06. The molecule has 0 heterocycles. The fourth-order valence-corrected chi connectivity index (χ4v) is 20.7. The third-order valence-corrected chi connectivity index (χ3v) is 26.1. The zero-order valence-electron chi connectivity index (χ0n) is 18.7. The van der Waals surface area contributed by atoms with Crippen molar-refractivity contribution in [2.45, 2.75) is 117 Å². The molecule has 2 N–H and O–H groups in total. The molecule has 0 aromatic heterocycles. The van der Waals surface area contributed by atoms with Gasteiger partial charge in [-0.15, -0.1) is 0 Å². The molecule has 2 nitrogen and oxygen atoms in total. The first-order valence-electron chi connectivity index (χ1n) is 9.39. The minimum Gasteiger partial charge on any atom is -0.347 e. The monoisotopic (exact) mass is 374 g/mol. The maximum absolute atomic E-state index is 4.38. The van der Waals surface area contributed by atoms with Gasteiger partial charge in [-0.3, -0.25) is 0 Å². The summed E-state index contributed by atoms with van der Waals surface area (Å²) in [6.07, 6.45) is 0. The predicted molar refractivity (Wildman–Crippen MR) is 117 cm³/mol. The summed E-state index contributed by atoms with van der Waals surface area (Å²) in [6.45, 7) is 34.3. The highest BCUT2D eigenvalue weighted by Crippen LogP contribution is 2.41. The normalized spacial score (nSPS) is 15.7. The zero-order valence-corrected chi connectivity index (χ0v) is 21.7. The Kier molecular flexibility index (Phi) is 7.23. The van der Waals surface area contributed by atoms with Gasteiger partial charge >= 0.3 is 0 Å². The first-order valence-corrected chi connectivity index (χ1v) is 17.5. The second-order valence-electron chi connectivity index (χ2n) is 11.2. The third kappa shape index (κ3) is 5.27. The van der Waals surface area contributed by atoms with Crippen LogP contribution in [0.1, 0.15) is 69.2 Å². The van der Waals surface area contributed by atoms with E-state index >= 15 is 0 Å². The van der Waals surface area contributed by atoms with Crippen LogP contribution in [0.5, 0.6) is 0 Å². The van der Waals surface area contributed by atoms with Crippen molar-refractivity contribution in [3.63, 3.8) is 0 Å². The lowest BCUT2D eigenvalue weighted by Gasteiger charge is -2.54. The molecule has 23 heavy (non-hydrogen) atoms. The molecule has 0 saturated heterocycles. The van der Waals surface area contributed by atoms with Gasteiger partial charge in [-0.2, -0.15) is 0 Å². The summed E-state index contributed by atoms with van der Waals surface area (Å²) < 4.78 is 8.75. The van der Waals surface area contributed by atoms with Crippen LogP contribution in [0.25, 0.3) is 0 Å². The van der Waals surface area contributed by atoms with Gasteiger partial charge in [0, 0.05) is 0 Å². The molecule has 0 saturated carbocycles. The molecule has 0 aliphatic rings. The van der Waals surface area contributed by atoms with E-state index in [0.717, 1.165) is 0 Å². The Labute approximate surface area is 151 Å². The fraction of sp³-hybridized carbons (Fsp3) is 1.00. The molecule has 0 aliphatic heterocycles. The minimum atomic E-state index is -1.82. The maximum atomic E-state index is 4.38. The van der Waals surface area contributed by atoms with E-state index in [1.54, 1.807) is 0 Å². The van der Waals surface area contributed by atoms with E-state index in [0.29, 0.717) is 21.2 Å². The quantitative estimate of drug-likeness (QED) is 0.523. The average molecular weight is 375 g/mol. The number of nitrogens with one attached hydrogen (secondary N) is 2. The summed E-state index contributed by atoms with van der Waals surface area (Å²) in [6, 6.07) is 0. The number of rotatable bonds is 6. The van der Waals surface area contributed by atoms with E-state index < -0.39 is 24.9 Å². The molecular weight excluding hydrogens is 328 g/mol. The van der Waals surface area contributed by atoms with E-state index in [-0.39, 0.29) is 0 Å². The molecule has 0 atom stereocenters. The minimum absolute atomic E-state index is 0.365. The number of hydrogen-bond acceptors (Lipinski definition) is 2. The van der Waals surface area contributed by atoms with Gasteiger partial charge < -0.3 is 9.30 Å². The van der Waals surface area contributed by atoms with E-state index in [1.807, 2.05) is 0 Å². The molecule has 0 aromatic rings. The molecule has 0 spiro atoms. The molecule has 0 fully saturated rings. The zero-order chi connectivity index (χ0) is 19.1. The molecule has 0 aromatic carbocycles. The van der Waals surface area contributed by atoms with Crippen LogP contribution in [-0.2, 0) is 0 Å². The Morgan fingerprint density at radius 3 is 0.913 bits per heavy atom. The molecule has 5 heteroatoms. The summed E-state index contributed by atoms with van der Waals surface area (Å²) in [7, 11) is -4.92. The highest BCUT2D eigenvalue weighted by Gasteiger charge is 2.52. The molecule has 0 bridgehead atoms. The molecule has 0 rings (SSSR count). The fourth-order valence-electron chi connectivity index (χ4n) is 2.68. The van der Waals surface area contributed by atoms with Gasteiger partial charge in [0.25, 0.3) is 0 Å². The van der Waals surface area contributed by atoms with Gasteiger partial charge in [-0.25, -0.2) is 0 Å². The van der Waals surface area contributed by atoms with E-state index in [1.165, 1.54) is 0 Å². The molecule has 0 amide bonds. The Hall–Kier alpha value is 0.571. The van der Waals surface area contributed by atoms with Crippen LogP contribution in [0.3, 0.4) is 0 Å². The number of hydrogen-bond donors (Lipinski definition) is 2.